The van der Waals surface area contributed by atoms with E-state index in [9.17, 15) is 14.4 Å². The van der Waals surface area contributed by atoms with E-state index in [-0.39, 0.29) is 6.42 Å². The summed E-state index contributed by atoms with van der Waals surface area (Å²) in [4.78, 5) is 39.2. The van der Waals surface area contributed by atoms with E-state index in [0.717, 1.165) is 15.2 Å². The van der Waals surface area contributed by atoms with E-state index < -0.39 is 24.0 Å². The number of aryl methyl sites for hydroxylation is 1. The molecule has 1 atom stereocenters. The molecular weight excluding hydrogens is 330 g/mol. The van der Waals surface area contributed by atoms with Crippen molar-refractivity contribution in [3.8, 4) is 0 Å². The summed E-state index contributed by atoms with van der Waals surface area (Å²) in [6, 6.07) is 7.13. The van der Waals surface area contributed by atoms with E-state index >= 15 is 0 Å². The normalized spacial score (nSPS) is 11.8. The number of nitrogens with zero attached hydrogens (tertiary/aromatic N) is 1. The second-order valence-electron chi connectivity index (χ2n) is 5.06. The van der Waals surface area contributed by atoms with Gasteiger partial charge in [-0.15, -0.1) is 11.3 Å². The number of amides is 3. The highest BCUT2D eigenvalue weighted by Crippen LogP contribution is 2.22. The summed E-state index contributed by atoms with van der Waals surface area (Å²) in [5, 5.41) is 5.37. The van der Waals surface area contributed by atoms with Crippen molar-refractivity contribution in [1.29, 1.82) is 0 Å². The van der Waals surface area contributed by atoms with Crippen LogP contribution in [0, 0.1) is 0 Å². The number of esters is 1. The highest BCUT2D eigenvalue weighted by atomic mass is 32.1. The number of hydrogen-bond acceptors (Lipinski definition) is 6. The molecule has 0 aliphatic heterocycles. The van der Waals surface area contributed by atoms with Crippen LogP contribution in [0.4, 0.5) is 4.79 Å². The van der Waals surface area contributed by atoms with Gasteiger partial charge in [-0.2, -0.15) is 0 Å². The first-order valence-electron chi connectivity index (χ1n) is 7.62. The average Bonchev–Trinajstić information content (AvgIpc) is 2.96. The second-order valence-corrected chi connectivity index (χ2v) is 6.17. The summed E-state index contributed by atoms with van der Waals surface area (Å²) in [6.45, 7) is 3.55. The number of ether oxygens (including phenoxy) is 1. The number of imide groups is 1. The first-order valence-corrected chi connectivity index (χ1v) is 8.44. The summed E-state index contributed by atoms with van der Waals surface area (Å²) in [5.41, 5.74) is 0.903. The molecule has 24 heavy (non-hydrogen) atoms. The van der Waals surface area contributed by atoms with E-state index in [1.54, 1.807) is 6.92 Å². The Morgan fingerprint density at radius 3 is 2.75 bits per heavy atom. The molecule has 1 heterocycles. The van der Waals surface area contributed by atoms with Crippen LogP contribution in [0.5, 0.6) is 0 Å². The summed E-state index contributed by atoms with van der Waals surface area (Å²) in [7, 11) is 0. The summed E-state index contributed by atoms with van der Waals surface area (Å²) < 4.78 is 6.10. The Bertz CT molecular complexity index is 711. The number of rotatable bonds is 6. The molecule has 0 unspecified atom stereocenters. The van der Waals surface area contributed by atoms with Crippen molar-refractivity contribution in [3.63, 3.8) is 0 Å². The SMILES string of the molecule is CCNC(=O)NC(=O)[C@H](C)OC(=O)CCc1nc2ccccc2s1. The Morgan fingerprint density at radius 2 is 2.04 bits per heavy atom. The lowest BCUT2D eigenvalue weighted by molar-refractivity contribution is -0.154. The summed E-state index contributed by atoms with van der Waals surface area (Å²) in [5.74, 6) is -1.16. The zero-order valence-corrected chi connectivity index (χ0v) is 14.3. The van der Waals surface area contributed by atoms with E-state index in [1.807, 2.05) is 24.3 Å². The van der Waals surface area contributed by atoms with E-state index in [4.69, 9.17) is 4.74 Å². The van der Waals surface area contributed by atoms with E-state index in [0.29, 0.717) is 13.0 Å². The number of fused-ring (bicyclic) bond motifs is 1. The first-order chi connectivity index (χ1) is 11.5. The highest BCUT2D eigenvalue weighted by molar-refractivity contribution is 7.18. The van der Waals surface area contributed by atoms with Gasteiger partial charge < -0.3 is 10.1 Å². The van der Waals surface area contributed by atoms with Gasteiger partial charge in [0.15, 0.2) is 6.10 Å². The molecule has 2 aromatic rings. The fraction of sp³-hybridized carbons (Fsp3) is 0.375. The van der Waals surface area contributed by atoms with Crippen LogP contribution >= 0.6 is 11.3 Å². The molecule has 0 radical (unpaired) electrons. The van der Waals surface area contributed by atoms with Crippen molar-refractivity contribution in [2.75, 3.05) is 6.54 Å². The molecule has 0 aliphatic rings. The lowest BCUT2D eigenvalue weighted by atomic mass is 10.3. The molecule has 0 fully saturated rings. The van der Waals surface area contributed by atoms with Crippen LogP contribution in [-0.2, 0) is 20.7 Å². The average molecular weight is 349 g/mol. The van der Waals surface area contributed by atoms with Gasteiger partial charge in [0.1, 0.15) is 0 Å². The van der Waals surface area contributed by atoms with Gasteiger partial charge in [-0.1, -0.05) is 12.1 Å². The minimum absolute atomic E-state index is 0.124. The number of carbonyl (C=O) groups excluding carboxylic acids is 3. The lowest BCUT2D eigenvalue weighted by Crippen LogP contribution is -2.44. The van der Waals surface area contributed by atoms with E-state index in [1.165, 1.54) is 18.3 Å². The molecule has 0 saturated carbocycles. The van der Waals surface area contributed by atoms with Crippen LogP contribution in [0.2, 0.25) is 0 Å². The number of aromatic nitrogens is 1. The van der Waals surface area contributed by atoms with Crippen LogP contribution in [-0.4, -0.2) is 35.5 Å². The van der Waals surface area contributed by atoms with Crippen LogP contribution < -0.4 is 10.6 Å². The third kappa shape index (κ3) is 5.02. The number of carbonyl (C=O) groups is 3. The molecule has 8 heteroatoms. The van der Waals surface area contributed by atoms with Gasteiger partial charge in [-0.25, -0.2) is 9.78 Å². The molecule has 2 rings (SSSR count). The van der Waals surface area contributed by atoms with Gasteiger partial charge in [-0.3, -0.25) is 14.9 Å². The minimum Gasteiger partial charge on any atom is -0.453 e. The summed E-state index contributed by atoms with van der Waals surface area (Å²) in [6.07, 6.45) is -0.461. The van der Waals surface area contributed by atoms with Crippen LogP contribution in [0.1, 0.15) is 25.3 Å². The highest BCUT2D eigenvalue weighted by Gasteiger charge is 2.19. The van der Waals surface area contributed by atoms with Crippen LogP contribution in [0.25, 0.3) is 10.2 Å². The fourth-order valence-electron chi connectivity index (χ4n) is 1.96. The number of urea groups is 1. The standard InChI is InChI=1S/C16H19N3O4S/c1-3-17-16(22)19-15(21)10(2)23-14(20)9-8-13-18-11-6-4-5-7-12(11)24-13/h4-7,10H,3,8-9H2,1-2H3,(H2,17,19,21,22)/t10-/m0/s1. The Balaban J connectivity index is 1.79. The first kappa shape index (κ1) is 17.9. The Morgan fingerprint density at radius 1 is 1.29 bits per heavy atom. The number of thiazole rings is 1. The minimum atomic E-state index is -1.03. The van der Waals surface area contributed by atoms with Gasteiger partial charge in [0, 0.05) is 13.0 Å². The predicted molar refractivity (Wildman–Crippen MR) is 90.7 cm³/mol. The molecule has 0 aliphatic carbocycles. The number of nitrogens with one attached hydrogen (secondary N) is 2. The summed E-state index contributed by atoms with van der Waals surface area (Å²) >= 11 is 1.53. The third-order valence-corrected chi connectivity index (χ3v) is 4.23. The van der Waals surface area contributed by atoms with Crippen molar-refractivity contribution in [3.05, 3.63) is 29.3 Å². The number of hydrogen-bond donors (Lipinski definition) is 2. The van der Waals surface area contributed by atoms with Gasteiger partial charge >= 0.3 is 12.0 Å². The van der Waals surface area contributed by atoms with Gasteiger partial charge in [-0.05, 0) is 26.0 Å². The monoisotopic (exact) mass is 349 g/mol. The molecule has 3 amide bonds. The molecule has 0 spiro atoms. The van der Waals surface area contributed by atoms with Gasteiger partial charge in [0.05, 0.1) is 21.6 Å². The lowest BCUT2D eigenvalue weighted by Gasteiger charge is -2.12. The number of benzene rings is 1. The zero-order chi connectivity index (χ0) is 17.5. The second kappa shape index (κ2) is 8.39. The molecule has 2 N–H and O–H groups in total. The quantitative estimate of drug-likeness (QED) is 0.778. The molecular formula is C16H19N3O4S. The maximum Gasteiger partial charge on any atom is 0.321 e. The Kier molecular flexibility index (Phi) is 6.25. The van der Waals surface area contributed by atoms with Crippen molar-refractivity contribution < 1.29 is 19.1 Å². The third-order valence-electron chi connectivity index (χ3n) is 3.13. The van der Waals surface area contributed by atoms with Crippen molar-refractivity contribution in [1.82, 2.24) is 15.6 Å². The largest absolute Gasteiger partial charge is 0.453 e. The molecule has 1 aromatic heterocycles. The van der Waals surface area contributed by atoms with Crippen molar-refractivity contribution >= 4 is 39.5 Å². The van der Waals surface area contributed by atoms with E-state index in [2.05, 4.69) is 15.6 Å². The Hall–Kier alpha value is -2.48. The predicted octanol–water partition coefficient (Wildman–Crippen LogP) is 2.01. The van der Waals surface area contributed by atoms with Crippen molar-refractivity contribution in [2.24, 2.45) is 0 Å². The molecule has 0 bridgehead atoms. The molecule has 1 aromatic carbocycles. The molecule has 7 nitrogen and oxygen atoms in total. The van der Waals surface area contributed by atoms with Crippen LogP contribution in [0.3, 0.4) is 0 Å². The molecule has 0 saturated heterocycles. The zero-order valence-electron chi connectivity index (χ0n) is 13.5. The topological polar surface area (TPSA) is 97.4 Å². The fourth-order valence-corrected chi connectivity index (χ4v) is 2.93. The number of para-hydroxylation sites is 1. The van der Waals surface area contributed by atoms with Gasteiger partial charge in [0.25, 0.3) is 5.91 Å². The maximum absolute atomic E-state index is 11.8. The molecule has 128 valence electrons. The van der Waals surface area contributed by atoms with Gasteiger partial charge in [0.2, 0.25) is 0 Å². The maximum atomic E-state index is 11.8. The van der Waals surface area contributed by atoms with Crippen molar-refractivity contribution in [2.45, 2.75) is 32.8 Å². The smallest absolute Gasteiger partial charge is 0.321 e. The Labute approximate surface area is 143 Å². The van der Waals surface area contributed by atoms with Crippen LogP contribution in [0.15, 0.2) is 24.3 Å².